The molecule has 2 aromatic rings. The van der Waals surface area contributed by atoms with E-state index in [0.717, 1.165) is 5.06 Å². The van der Waals surface area contributed by atoms with Crippen LogP contribution in [-0.4, -0.2) is 26.9 Å². The van der Waals surface area contributed by atoms with E-state index in [2.05, 4.69) is 9.97 Å². The van der Waals surface area contributed by atoms with Gasteiger partial charge in [-0.2, -0.15) is 5.06 Å². The standard InChI is InChI=1S/C13H13N3O3/c1-10(17)19-16(8-12-7-14-9-15-12)13(18)11-5-3-2-4-6-11/h2-7,9H,8H2,1H3,(H,14,15). The zero-order chi connectivity index (χ0) is 13.7. The maximum atomic E-state index is 12.2. The number of benzene rings is 1. The number of aromatic amines is 1. The van der Waals surface area contributed by atoms with Crippen LogP contribution in [0, 0.1) is 0 Å². The van der Waals surface area contributed by atoms with Crippen molar-refractivity contribution in [3.8, 4) is 0 Å². The van der Waals surface area contributed by atoms with Gasteiger partial charge in [0.25, 0.3) is 5.91 Å². The molecular formula is C13H13N3O3. The third kappa shape index (κ3) is 3.41. The minimum Gasteiger partial charge on any atom is -0.347 e. The monoisotopic (exact) mass is 259 g/mol. The maximum absolute atomic E-state index is 12.2. The van der Waals surface area contributed by atoms with Crippen molar-refractivity contribution in [2.24, 2.45) is 0 Å². The van der Waals surface area contributed by atoms with Crippen LogP contribution in [0.3, 0.4) is 0 Å². The largest absolute Gasteiger partial charge is 0.347 e. The van der Waals surface area contributed by atoms with Crippen molar-refractivity contribution in [1.29, 1.82) is 0 Å². The average molecular weight is 259 g/mol. The fourth-order valence-corrected chi connectivity index (χ4v) is 1.55. The Labute approximate surface area is 110 Å². The smallest absolute Gasteiger partial charge is 0.329 e. The van der Waals surface area contributed by atoms with Gasteiger partial charge in [-0.3, -0.25) is 9.59 Å². The van der Waals surface area contributed by atoms with Crippen LogP contribution in [0.1, 0.15) is 23.0 Å². The number of aromatic nitrogens is 2. The lowest BCUT2D eigenvalue weighted by Crippen LogP contribution is -2.32. The summed E-state index contributed by atoms with van der Waals surface area (Å²) in [6.07, 6.45) is 3.06. The fraction of sp³-hybridized carbons (Fsp3) is 0.154. The van der Waals surface area contributed by atoms with Crippen molar-refractivity contribution in [3.05, 3.63) is 54.1 Å². The van der Waals surface area contributed by atoms with Crippen LogP contribution < -0.4 is 0 Å². The first-order valence-electron chi connectivity index (χ1n) is 5.69. The van der Waals surface area contributed by atoms with Gasteiger partial charge in [-0.25, -0.2) is 4.98 Å². The maximum Gasteiger partial charge on any atom is 0.329 e. The quantitative estimate of drug-likeness (QED) is 0.848. The third-order valence-corrected chi connectivity index (χ3v) is 2.35. The van der Waals surface area contributed by atoms with Crippen LogP contribution in [0.25, 0.3) is 0 Å². The summed E-state index contributed by atoms with van der Waals surface area (Å²) in [5, 5.41) is 1.01. The Morgan fingerprint density at radius 1 is 1.32 bits per heavy atom. The lowest BCUT2D eigenvalue weighted by molar-refractivity contribution is -0.177. The van der Waals surface area contributed by atoms with E-state index in [9.17, 15) is 9.59 Å². The summed E-state index contributed by atoms with van der Waals surface area (Å²) in [5.74, 6) is -0.936. The normalized spacial score (nSPS) is 9.95. The first-order valence-corrected chi connectivity index (χ1v) is 5.69. The molecule has 1 heterocycles. The molecule has 0 radical (unpaired) electrons. The summed E-state index contributed by atoms with van der Waals surface area (Å²) in [6.45, 7) is 1.37. The molecule has 6 heteroatoms. The highest BCUT2D eigenvalue weighted by Crippen LogP contribution is 2.09. The Kier molecular flexibility index (Phi) is 3.92. The molecule has 0 saturated carbocycles. The number of H-pyrrole nitrogens is 1. The number of carbonyl (C=O) groups is 2. The molecule has 1 N–H and O–H groups in total. The van der Waals surface area contributed by atoms with Crippen LogP contribution >= 0.6 is 0 Å². The van der Waals surface area contributed by atoms with Crippen LogP contribution in [0.2, 0.25) is 0 Å². The van der Waals surface area contributed by atoms with Crippen molar-refractivity contribution >= 4 is 11.9 Å². The summed E-state index contributed by atoms with van der Waals surface area (Å²) in [4.78, 5) is 34.9. The van der Waals surface area contributed by atoms with Crippen molar-refractivity contribution in [2.75, 3.05) is 0 Å². The Bertz CT molecular complexity index is 552. The molecule has 6 nitrogen and oxygen atoms in total. The number of carbonyl (C=O) groups excluding carboxylic acids is 2. The molecule has 19 heavy (non-hydrogen) atoms. The van der Waals surface area contributed by atoms with Gasteiger partial charge in [0.15, 0.2) is 0 Å². The molecule has 0 atom stereocenters. The molecule has 0 aliphatic heterocycles. The molecule has 1 aromatic carbocycles. The summed E-state index contributed by atoms with van der Waals surface area (Å²) >= 11 is 0. The Hall–Kier alpha value is -2.63. The second-order valence-electron chi connectivity index (χ2n) is 3.87. The van der Waals surface area contributed by atoms with Crippen LogP contribution in [0.4, 0.5) is 0 Å². The highest BCUT2D eigenvalue weighted by Gasteiger charge is 2.19. The van der Waals surface area contributed by atoms with Crippen LogP contribution in [0.5, 0.6) is 0 Å². The lowest BCUT2D eigenvalue weighted by Gasteiger charge is -2.19. The van der Waals surface area contributed by atoms with E-state index in [-0.39, 0.29) is 12.5 Å². The molecule has 0 unspecified atom stereocenters. The molecule has 0 spiro atoms. The Balaban J connectivity index is 2.17. The molecule has 98 valence electrons. The minimum atomic E-state index is -0.552. The van der Waals surface area contributed by atoms with Gasteiger partial charge in [0, 0.05) is 18.7 Å². The summed E-state index contributed by atoms with van der Waals surface area (Å²) in [6, 6.07) is 8.62. The Morgan fingerprint density at radius 2 is 2.05 bits per heavy atom. The third-order valence-electron chi connectivity index (χ3n) is 2.35. The average Bonchev–Trinajstić information content (AvgIpc) is 2.90. The predicted octanol–water partition coefficient (Wildman–Crippen LogP) is 1.53. The molecule has 1 amide bonds. The molecular weight excluding hydrogens is 246 g/mol. The minimum absolute atomic E-state index is 0.118. The van der Waals surface area contributed by atoms with E-state index in [1.54, 1.807) is 30.5 Å². The Morgan fingerprint density at radius 3 is 2.63 bits per heavy atom. The lowest BCUT2D eigenvalue weighted by atomic mass is 10.2. The number of imidazole rings is 1. The molecule has 0 saturated heterocycles. The van der Waals surface area contributed by atoms with E-state index < -0.39 is 5.97 Å². The van der Waals surface area contributed by atoms with Gasteiger partial charge < -0.3 is 9.82 Å². The van der Waals surface area contributed by atoms with Crippen LogP contribution in [0.15, 0.2) is 42.9 Å². The number of hydrogen-bond acceptors (Lipinski definition) is 4. The van der Waals surface area contributed by atoms with Gasteiger partial charge in [0.05, 0.1) is 12.0 Å². The van der Waals surface area contributed by atoms with E-state index in [1.165, 1.54) is 13.3 Å². The van der Waals surface area contributed by atoms with Gasteiger partial charge >= 0.3 is 5.97 Å². The number of hydroxylamine groups is 2. The SMILES string of the molecule is CC(=O)ON(Cc1cnc[nH]1)C(=O)c1ccccc1. The van der Waals surface area contributed by atoms with Crippen molar-refractivity contribution in [2.45, 2.75) is 13.5 Å². The van der Waals surface area contributed by atoms with Gasteiger partial charge in [-0.15, -0.1) is 0 Å². The number of amides is 1. The van der Waals surface area contributed by atoms with Gasteiger partial charge in [-0.05, 0) is 12.1 Å². The van der Waals surface area contributed by atoms with E-state index >= 15 is 0 Å². The molecule has 0 aliphatic carbocycles. The highest BCUT2D eigenvalue weighted by atomic mass is 16.7. The molecule has 0 aliphatic rings. The summed E-state index contributed by atoms with van der Waals surface area (Å²) < 4.78 is 0. The first-order chi connectivity index (χ1) is 9.16. The highest BCUT2D eigenvalue weighted by molar-refractivity contribution is 5.94. The van der Waals surface area contributed by atoms with Crippen molar-refractivity contribution in [1.82, 2.24) is 15.0 Å². The topological polar surface area (TPSA) is 75.3 Å². The number of rotatable bonds is 3. The second kappa shape index (κ2) is 5.81. The van der Waals surface area contributed by atoms with E-state index in [1.807, 2.05) is 6.07 Å². The van der Waals surface area contributed by atoms with Crippen molar-refractivity contribution in [3.63, 3.8) is 0 Å². The van der Waals surface area contributed by atoms with Gasteiger partial charge in [-0.1, -0.05) is 18.2 Å². The van der Waals surface area contributed by atoms with Gasteiger partial charge in [0.2, 0.25) is 0 Å². The van der Waals surface area contributed by atoms with Crippen LogP contribution in [-0.2, 0) is 16.2 Å². The van der Waals surface area contributed by atoms with Gasteiger partial charge in [0.1, 0.15) is 6.54 Å². The summed E-state index contributed by atoms with van der Waals surface area (Å²) in [5.41, 5.74) is 1.12. The fourth-order valence-electron chi connectivity index (χ4n) is 1.55. The molecule has 0 fully saturated rings. The van der Waals surface area contributed by atoms with E-state index in [4.69, 9.17) is 4.84 Å². The van der Waals surface area contributed by atoms with E-state index in [0.29, 0.717) is 11.3 Å². The predicted molar refractivity (Wildman–Crippen MR) is 66.7 cm³/mol. The van der Waals surface area contributed by atoms with Crippen molar-refractivity contribution < 1.29 is 14.4 Å². The first kappa shape index (κ1) is 12.8. The second-order valence-corrected chi connectivity index (χ2v) is 3.87. The zero-order valence-electron chi connectivity index (χ0n) is 10.4. The summed E-state index contributed by atoms with van der Waals surface area (Å²) in [7, 11) is 0. The molecule has 0 bridgehead atoms. The molecule has 1 aromatic heterocycles. The zero-order valence-corrected chi connectivity index (χ0v) is 10.4. The molecule has 2 rings (SSSR count). The number of hydrogen-bond donors (Lipinski definition) is 1. The number of nitrogens with zero attached hydrogens (tertiary/aromatic N) is 2. The number of nitrogens with one attached hydrogen (secondary N) is 1.